The van der Waals surface area contributed by atoms with Gasteiger partial charge in [0.15, 0.2) is 0 Å². The molecular weight excluding hydrogens is 264 g/mol. The fourth-order valence-electron chi connectivity index (χ4n) is 2.40. The maximum Gasteiger partial charge on any atom is 0.116 e. The van der Waals surface area contributed by atoms with E-state index in [4.69, 9.17) is 0 Å². The lowest BCUT2D eigenvalue weighted by Gasteiger charge is -2.22. The second-order valence-corrected chi connectivity index (χ2v) is 5.41. The minimum absolute atomic E-state index is 0.250. The third kappa shape index (κ3) is 5.74. The highest BCUT2D eigenvalue weighted by molar-refractivity contribution is 5.54. The summed E-state index contributed by atoms with van der Waals surface area (Å²) in [6.07, 6.45) is 4.68. The number of hydrogen-bond acceptors (Lipinski definition) is 3. The quantitative estimate of drug-likeness (QED) is 0.642. The van der Waals surface area contributed by atoms with E-state index >= 15 is 0 Å². The largest absolute Gasteiger partial charge is 0.508 e. The van der Waals surface area contributed by atoms with Crippen molar-refractivity contribution >= 4 is 6.08 Å². The van der Waals surface area contributed by atoms with Crippen molar-refractivity contribution in [1.82, 2.24) is 0 Å². The lowest BCUT2D eigenvalue weighted by Crippen LogP contribution is -2.28. The van der Waals surface area contributed by atoms with Crippen LogP contribution in [-0.2, 0) is 0 Å². The van der Waals surface area contributed by atoms with Gasteiger partial charge in [-0.1, -0.05) is 36.8 Å². The molecule has 0 aliphatic rings. The first-order valence-corrected chi connectivity index (χ1v) is 7.45. The molecule has 3 atom stereocenters. The van der Waals surface area contributed by atoms with Gasteiger partial charge in [0, 0.05) is 5.92 Å². The average molecular weight is 290 g/mol. The highest BCUT2D eigenvalue weighted by Gasteiger charge is 2.20. The topological polar surface area (TPSA) is 60.7 Å². The number of benzene rings is 1. The molecule has 0 spiro atoms. The van der Waals surface area contributed by atoms with Gasteiger partial charge in [-0.2, -0.15) is 0 Å². The second kappa shape index (κ2) is 8.65. The van der Waals surface area contributed by atoms with E-state index in [2.05, 4.69) is 13.5 Å². The highest BCUT2D eigenvalue weighted by Crippen LogP contribution is 2.22. The summed E-state index contributed by atoms with van der Waals surface area (Å²) in [6.45, 7) is 7.40. The smallest absolute Gasteiger partial charge is 0.116 e. The maximum absolute atomic E-state index is 10.1. The van der Waals surface area contributed by atoms with Crippen LogP contribution >= 0.6 is 0 Å². The Morgan fingerprint density at radius 1 is 1.33 bits per heavy atom. The van der Waals surface area contributed by atoms with Gasteiger partial charge in [0.2, 0.25) is 0 Å². The van der Waals surface area contributed by atoms with Crippen molar-refractivity contribution in [3.63, 3.8) is 0 Å². The minimum atomic E-state index is -0.599. The average Bonchev–Trinajstić information content (AvgIpc) is 2.43. The van der Waals surface area contributed by atoms with Gasteiger partial charge in [-0.05, 0) is 43.9 Å². The van der Waals surface area contributed by atoms with Crippen LogP contribution in [0.3, 0.4) is 0 Å². The van der Waals surface area contributed by atoms with E-state index in [1.807, 2.05) is 18.2 Å². The summed E-state index contributed by atoms with van der Waals surface area (Å²) >= 11 is 0. The molecular formula is C18H26O3. The zero-order valence-corrected chi connectivity index (χ0v) is 12.9. The number of hydrogen-bond donors (Lipinski definition) is 3. The van der Waals surface area contributed by atoms with Gasteiger partial charge in [-0.3, -0.25) is 0 Å². The molecule has 0 aliphatic heterocycles. The predicted octanol–water partition coefficient (Wildman–Crippen LogP) is 3.51. The number of aliphatic hydroxyl groups excluding tert-OH is 2. The molecule has 116 valence electrons. The zero-order valence-electron chi connectivity index (χ0n) is 12.9. The predicted molar refractivity (Wildman–Crippen MR) is 87.0 cm³/mol. The van der Waals surface area contributed by atoms with Crippen molar-refractivity contribution in [2.24, 2.45) is 5.92 Å². The molecule has 0 aliphatic carbocycles. The summed E-state index contributed by atoms with van der Waals surface area (Å²) in [4.78, 5) is 0. The molecule has 0 saturated heterocycles. The monoisotopic (exact) mass is 290 g/mol. The van der Waals surface area contributed by atoms with Crippen molar-refractivity contribution in [2.75, 3.05) is 0 Å². The van der Waals surface area contributed by atoms with Crippen molar-refractivity contribution in [3.05, 3.63) is 48.1 Å². The van der Waals surface area contributed by atoms with Crippen molar-refractivity contribution in [3.8, 4) is 5.75 Å². The van der Waals surface area contributed by atoms with Crippen molar-refractivity contribution < 1.29 is 15.3 Å². The van der Waals surface area contributed by atoms with Gasteiger partial charge in [0.05, 0.1) is 12.2 Å². The summed E-state index contributed by atoms with van der Waals surface area (Å²) in [7, 11) is 0. The number of phenolic OH excluding ortho intramolecular Hbond substituents is 1. The number of aromatic hydroxyl groups is 1. The van der Waals surface area contributed by atoms with Crippen LogP contribution in [-0.4, -0.2) is 27.5 Å². The van der Waals surface area contributed by atoms with E-state index in [0.717, 1.165) is 18.4 Å². The number of rotatable bonds is 8. The molecule has 1 rings (SSSR count). The minimum Gasteiger partial charge on any atom is -0.508 e. The zero-order chi connectivity index (χ0) is 15.8. The third-order valence-electron chi connectivity index (χ3n) is 3.73. The fraction of sp³-hybridized carbons (Fsp3) is 0.444. The molecule has 1 aromatic carbocycles. The van der Waals surface area contributed by atoms with Gasteiger partial charge in [0.1, 0.15) is 5.75 Å². The Kier molecular flexibility index (Phi) is 7.20. The summed E-state index contributed by atoms with van der Waals surface area (Å²) < 4.78 is 0. The van der Waals surface area contributed by atoms with Gasteiger partial charge in [0.25, 0.3) is 0 Å². The molecule has 0 aromatic heterocycles. The molecule has 0 radical (unpaired) electrons. The summed E-state index contributed by atoms with van der Waals surface area (Å²) in [5.74, 6) is -0.0519. The molecule has 0 unspecified atom stereocenters. The Morgan fingerprint density at radius 3 is 2.57 bits per heavy atom. The van der Waals surface area contributed by atoms with Gasteiger partial charge in [-0.15, -0.1) is 6.58 Å². The number of aliphatic hydroxyl groups is 2. The molecule has 0 heterocycles. The normalized spacial score (nSPS) is 16.3. The second-order valence-electron chi connectivity index (χ2n) is 5.41. The molecule has 3 heteroatoms. The van der Waals surface area contributed by atoms with E-state index in [-0.39, 0.29) is 11.7 Å². The first-order chi connectivity index (χ1) is 9.97. The molecule has 1 aromatic rings. The lowest BCUT2D eigenvalue weighted by molar-refractivity contribution is 0.0421. The molecule has 0 fully saturated rings. The Morgan fingerprint density at radius 2 is 2.05 bits per heavy atom. The van der Waals surface area contributed by atoms with E-state index < -0.39 is 12.2 Å². The van der Waals surface area contributed by atoms with Crippen LogP contribution in [0.1, 0.15) is 38.7 Å². The fourth-order valence-corrected chi connectivity index (χ4v) is 2.40. The summed E-state index contributed by atoms with van der Waals surface area (Å²) in [5, 5.41) is 29.2. The van der Waals surface area contributed by atoms with Crippen molar-refractivity contribution in [2.45, 2.75) is 45.3 Å². The van der Waals surface area contributed by atoms with Crippen LogP contribution < -0.4 is 0 Å². The molecule has 0 bridgehead atoms. The molecule has 3 nitrogen and oxygen atoms in total. The first kappa shape index (κ1) is 17.5. The van der Waals surface area contributed by atoms with Crippen LogP contribution in [0.2, 0.25) is 0 Å². The van der Waals surface area contributed by atoms with Gasteiger partial charge >= 0.3 is 0 Å². The van der Waals surface area contributed by atoms with Gasteiger partial charge < -0.3 is 15.3 Å². The third-order valence-corrected chi connectivity index (χ3v) is 3.73. The maximum atomic E-state index is 10.1. The Bertz CT molecular complexity index is 477. The number of phenols is 1. The highest BCUT2D eigenvalue weighted by atomic mass is 16.3. The summed E-state index contributed by atoms with van der Waals surface area (Å²) in [6, 6.07) is 7.11. The molecule has 3 N–H and O–H groups in total. The first-order valence-electron chi connectivity index (χ1n) is 7.45. The Balaban J connectivity index is 2.68. The molecule has 21 heavy (non-hydrogen) atoms. The van der Waals surface area contributed by atoms with E-state index in [0.29, 0.717) is 6.42 Å². The van der Waals surface area contributed by atoms with Gasteiger partial charge in [-0.25, -0.2) is 0 Å². The Labute approximate surface area is 127 Å². The summed E-state index contributed by atoms with van der Waals surface area (Å²) in [5.41, 5.74) is 2.16. The van der Waals surface area contributed by atoms with E-state index in [1.54, 1.807) is 25.1 Å². The van der Waals surface area contributed by atoms with E-state index in [9.17, 15) is 15.3 Å². The lowest BCUT2D eigenvalue weighted by atomic mass is 9.91. The Hall–Kier alpha value is -1.58. The van der Waals surface area contributed by atoms with E-state index in [1.165, 1.54) is 5.57 Å². The van der Waals surface area contributed by atoms with Crippen LogP contribution in [0, 0.1) is 5.92 Å². The SMILES string of the molecule is C=C[C@H]([C@H](O)CC/C(=C/c1cccc(O)c1)CC)[C@@H](C)O. The van der Waals surface area contributed by atoms with Crippen LogP contribution in [0.25, 0.3) is 6.08 Å². The molecule has 0 saturated carbocycles. The van der Waals surface area contributed by atoms with Crippen LogP contribution in [0.4, 0.5) is 0 Å². The van der Waals surface area contributed by atoms with Crippen molar-refractivity contribution in [1.29, 1.82) is 0 Å². The standard InChI is InChI=1S/C18H26O3/c1-4-14(11-15-7-6-8-16(20)12-15)9-10-18(21)17(5-2)13(3)19/h5-8,11-13,17-21H,2,4,9-10H2,1,3H3/b14-11+/t13-,17+,18-/m1/s1. The molecule has 0 amide bonds. The number of allylic oxidation sites excluding steroid dienone is 1. The van der Waals surface area contributed by atoms with Crippen LogP contribution in [0.15, 0.2) is 42.5 Å². The van der Waals surface area contributed by atoms with Crippen LogP contribution in [0.5, 0.6) is 5.75 Å².